The van der Waals surface area contributed by atoms with Crippen LogP contribution in [0.1, 0.15) is 6.42 Å². The van der Waals surface area contributed by atoms with Crippen molar-refractivity contribution in [2.75, 3.05) is 45.9 Å². The first kappa shape index (κ1) is 10.5. The first-order chi connectivity index (χ1) is 7.84. The predicted octanol–water partition coefficient (Wildman–Crippen LogP) is -1.11. The Morgan fingerprint density at radius 2 is 1.94 bits per heavy atom. The quantitative estimate of drug-likeness (QED) is 0.604. The van der Waals surface area contributed by atoms with Crippen LogP contribution >= 0.6 is 0 Å². The number of piperazine rings is 1. The number of rotatable bonds is 2. The van der Waals surface area contributed by atoms with Crippen molar-refractivity contribution in [2.24, 2.45) is 0 Å². The van der Waals surface area contributed by atoms with Crippen molar-refractivity contribution in [1.29, 1.82) is 0 Å². The van der Waals surface area contributed by atoms with Crippen LogP contribution in [-0.2, 0) is 9.53 Å². The second-order valence-electron chi connectivity index (χ2n) is 4.87. The Morgan fingerprint density at radius 3 is 2.56 bits per heavy atom. The van der Waals surface area contributed by atoms with Gasteiger partial charge in [0.05, 0.1) is 6.61 Å². The molecule has 3 aliphatic heterocycles. The molecule has 90 valence electrons. The Hall–Kier alpha value is -0.650. The molecule has 3 heterocycles. The van der Waals surface area contributed by atoms with Crippen LogP contribution in [0.15, 0.2) is 0 Å². The Labute approximate surface area is 95.7 Å². The van der Waals surface area contributed by atoms with Gasteiger partial charge < -0.3 is 10.1 Å². The van der Waals surface area contributed by atoms with Gasteiger partial charge in [0.2, 0.25) is 0 Å². The monoisotopic (exact) mass is 225 g/mol. The van der Waals surface area contributed by atoms with Crippen LogP contribution in [0.4, 0.5) is 0 Å². The van der Waals surface area contributed by atoms with Gasteiger partial charge in [0.1, 0.15) is 6.04 Å². The minimum atomic E-state index is -0.0150. The van der Waals surface area contributed by atoms with Crippen molar-refractivity contribution in [2.45, 2.75) is 18.5 Å². The van der Waals surface area contributed by atoms with Crippen LogP contribution in [0.2, 0.25) is 0 Å². The molecule has 5 nitrogen and oxygen atoms in total. The predicted molar refractivity (Wildman–Crippen MR) is 59.2 cm³/mol. The molecule has 1 unspecified atom stereocenters. The highest BCUT2D eigenvalue weighted by Gasteiger charge is 2.41. The minimum Gasteiger partial charge on any atom is -0.464 e. The zero-order valence-electron chi connectivity index (χ0n) is 9.52. The molecule has 1 atom stereocenters. The van der Waals surface area contributed by atoms with Gasteiger partial charge in [0.25, 0.3) is 0 Å². The van der Waals surface area contributed by atoms with E-state index in [-0.39, 0.29) is 12.0 Å². The molecule has 5 heteroatoms. The summed E-state index contributed by atoms with van der Waals surface area (Å²) in [6.45, 7) is 7.18. The van der Waals surface area contributed by atoms with Gasteiger partial charge in [0, 0.05) is 51.7 Å². The van der Waals surface area contributed by atoms with Crippen molar-refractivity contribution >= 4 is 5.97 Å². The molecular weight excluding hydrogens is 206 g/mol. The summed E-state index contributed by atoms with van der Waals surface area (Å²) in [5, 5.41) is 3.36. The van der Waals surface area contributed by atoms with Crippen LogP contribution in [0.5, 0.6) is 0 Å². The number of carbonyl (C=O) groups excluding carboxylic acids is 1. The van der Waals surface area contributed by atoms with Crippen LogP contribution < -0.4 is 5.32 Å². The molecule has 3 rings (SSSR count). The molecule has 1 N–H and O–H groups in total. The third-order valence-corrected chi connectivity index (χ3v) is 3.91. The maximum absolute atomic E-state index is 11.4. The summed E-state index contributed by atoms with van der Waals surface area (Å²) in [6, 6.07) is 0.717. The van der Waals surface area contributed by atoms with Crippen LogP contribution in [-0.4, -0.2) is 73.7 Å². The normalized spacial score (nSPS) is 33.8. The topological polar surface area (TPSA) is 44.8 Å². The Kier molecular flexibility index (Phi) is 2.83. The van der Waals surface area contributed by atoms with E-state index >= 15 is 0 Å². The molecule has 0 aromatic rings. The van der Waals surface area contributed by atoms with Gasteiger partial charge in [-0.3, -0.25) is 14.6 Å². The number of likely N-dealkylation sites (tertiary alicyclic amines) is 1. The summed E-state index contributed by atoms with van der Waals surface area (Å²) in [5.41, 5.74) is 0. The second-order valence-corrected chi connectivity index (χ2v) is 4.87. The number of esters is 1. The summed E-state index contributed by atoms with van der Waals surface area (Å²) in [4.78, 5) is 16.2. The molecule has 0 aromatic carbocycles. The number of hydrogen-bond acceptors (Lipinski definition) is 5. The van der Waals surface area contributed by atoms with Crippen LogP contribution in [0.3, 0.4) is 0 Å². The number of nitrogens with one attached hydrogen (secondary N) is 1. The first-order valence-corrected chi connectivity index (χ1v) is 6.20. The third-order valence-electron chi connectivity index (χ3n) is 3.91. The van der Waals surface area contributed by atoms with Crippen molar-refractivity contribution in [3.8, 4) is 0 Å². The molecule has 16 heavy (non-hydrogen) atoms. The van der Waals surface area contributed by atoms with Gasteiger partial charge in [-0.2, -0.15) is 0 Å². The molecule has 3 aliphatic rings. The molecular formula is C11H19N3O2. The lowest BCUT2D eigenvalue weighted by molar-refractivity contribution is -0.144. The molecule has 3 fully saturated rings. The zero-order valence-corrected chi connectivity index (χ0v) is 9.52. The summed E-state index contributed by atoms with van der Waals surface area (Å²) in [6.07, 6.45) is 0.882. The van der Waals surface area contributed by atoms with E-state index in [0.717, 1.165) is 45.7 Å². The Morgan fingerprint density at radius 1 is 1.19 bits per heavy atom. The molecule has 0 amide bonds. The maximum Gasteiger partial charge on any atom is 0.323 e. The lowest BCUT2D eigenvalue weighted by atomic mass is 10.0. The zero-order chi connectivity index (χ0) is 11.0. The van der Waals surface area contributed by atoms with E-state index in [2.05, 4.69) is 15.1 Å². The number of hydrogen-bond donors (Lipinski definition) is 1. The fraction of sp³-hybridized carbons (Fsp3) is 0.909. The van der Waals surface area contributed by atoms with Crippen LogP contribution in [0, 0.1) is 0 Å². The average molecular weight is 225 g/mol. The Balaban J connectivity index is 1.48. The van der Waals surface area contributed by atoms with Crippen LogP contribution in [0.25, 0.3) is 0 Å². The highest BCUT2D eigenvalue weighted by atomic mass is 16.5. The van der Waals surface area contributed by atoms with E-state index in [1.165, 1.54) is 0 Å². The fourth-order valence-corrected chi connectivity index (χ4v) is 2.84. The Bertz CT molecular complexity index is 272. The highest BCUT2D eigenvalue weighted by molar-refractivity contribution is 5.77. The lowest BCUT2D eigenvalue weighted by Crippen LogP contribution is -2.65. The van der Waals surface area contributed by atoms with E-state index in [1.807, 2.05) is 0 Å². The van der Waals surface area contributed by atoms with Crippen molar-refractivity contribution in [1.82, 2.24) is 15.1 Å². The average Bonchev–Trinajstić information content (AvgIpc) is 2.65. The molecule has 0 aromatic heterocycles. The summed E-state index contributed by atoms with van der Waals surface area (Å²) in [5.74, 6) is -0.0150. The highest BCUT2D eigenvalue weighted by Crippen LogP contribution is 2.23. The number of nitrogens with zero attached hydrogens (tertiary/aromatic N) is 2. The second kappa shape index (κ2) is 4.31. The fourth-order valence-electron chi connectivity index (χ4n) is 2.84. The SMILES string of the molecule is O=C1OCCC1N1CC(N2CCNCC2)C1. The molecule has 3 saturated heterocycles. The van der Waals surface area contributed by atoms with Gasteiger partial charge in [-0.05, 0) is 0 Å². The van der Waals surface area contributed by atoms with Crippen molar-refractivity contribution in [3.05, 3.63) is 0 Å². The molecule has 0 aliphatic carbocycles. The van der Waals surface area contributed by atoms with E-state index < -0.39 is 0 Å². The van der Waals surface area contributed by atoms with Gasteiger partial charge in [-0.15, -0.1) is 0 Å². The molecule has 0 spiro atoms. The number of carbonyl (C=O) groups is 1. The van der Waals surface area contributed by atoms with E-state index in [4.69, 9.17) is 4.74 Å². The number of cyclic esters (lactones) is 1. The molecule has 0 saturated carbocycles. The van der Waals surface area contributed by atoms with E-state index in [9.17, 15) is 4.79 Å². The first-order valence-electron chi connectivity index (χ1n) is 6.20. The standard InChI is InChI=1S/C11H19N3O2/c15-11-10(1-6-16-11)14-7-9(8-14)13-4-2-12-3-5-13/h9-10,12H,1-8H2. The summed E-state index contributed by atoms with van der Waals surface area (Å²) >= 11 is 0. The molecule has 0 radical (unpaired) electrons. The largest absolute Gasteiger partial charge is 0.464 e. The van der Waals surface area contributed by atoms with Gasteiger partial charge in [0.15, 0.2) is 0 Å². The van der Waals surface area contributed by atoms with E-state index in [1.54, 1.807) is 0 Å². The van der Waals surface area contributed by atoms with Gasteiger partial charge in [-0.1, -0.05) is 0 Å². The summed E-state index contributed by atoms with van der Waals surface area (Å²) < 4.78 is 5.00. The maximum atomic E-state index is 11.4. The lowest BCUT2D eigenvalue weighted by Gasteiger charge is -2.48. The number of ether oxygens (including phenoxy) is 1. The third kappa shape index (κ3) is 1.83. The van der Waals surface area contributed by atoms with Crippen molar-refractivity contribution < 1.29 is 9.53 Å². The van der Waals surface area contributed by atoms with Crippen molar-refractivity contribution in [3.63, 3.8) is 0 Å². The smallest absolute Gasteiger partial charge is 0.323 e. The summed E-state index contributed by atoms with van der Waals surface area (Å²) in [7, 11) is 0. The van der Waals surface area contributed by atoms with Gasteiger partial charge >= 0.3 is 5.97 Å². The molecule has 0 bridgehead atoms. The minimum absolute atomic E-state index is 0.0150. The van der Waals surface area contributed by atoms with Gasteiger partial charge in [-0.25, -0.2) is 0 Å². The van der Waals surface area contributed by atoms with E-state index in [0.29, 0.717) is 12.6 Å².